The largest absolute Gasteiger partial charge is 0.382 e. The Bertz CT molecular complexity index is 80.0. The fraction of sp³-hybridized carbons (Fsp3) is 1.00. The molecule has 0 aliphatic heterocycles. The van der Waals surface area contributed by atoms with Crippen LogP contribution >= 0.6 is 0 Å². The molecule has 2 atom stereocenters. The number of aliphatic hydroxyl groups excluding tert-OH is 2. The van der Waals surface area contributed by atoms with E-state index < -0.39 is 20.3 Å². The molecule has 50 valence electrons. The lowest BCUT2D eigenvalue weighted by molar-refractivity contribution is 0.253. The van der Waals surface area contributed by atoms with E-state index in [0.29, 0.717) is 0 Å². The van der Waals surface area contributed by atoms with Crippen LogP contribution in [-0.2, 0) is 20.6 Å². The average molecular weight is 154 g/mol. The Balaban J connectivity index is 3.65. The maximum atomic E-state index is 8.74. The van der Waals surface area contributed by atoms with E-state index in [0.717, 1.165) is 0 Å². The topological polar surface area (TPSA) is 40.5 Å². The Kier molecular flexibility index (Phi) is 3.72. The van der Waals surface area contributed by atoms with Crippen molar-refractivity contribution in [2.24, 2.45) is 0 Å². The summed E-state index contributed by atoms with van der Waals surface area (Å²) in [6, 6.07) is 0. The Morgan fingerprint density at radius 1 is 1.25 bits per heavy atom. The van der Waals surface area contributed by atoms with Crippen LogP contribution in [0.25, 0.3) is 0 Å². The predicted octanol–water partition coefficient (Wildman–Crippen LogP) is -0.257. The highest BCUT2D eigenvalue weighted by atomic mass is 32.8. The molecule has 0 aliphatic rings. The molecule has 8 heavy (non-hydrogen) atoms. The average Bonchev–Trinajstić information content (AvgIpc) is 1.64. The van der Waals surface area contributed by atoms with E-state index in [1.165, 1.54) is 0 Å². The van der Waals surface area contributed by atoms with Crippen molar-refractivity contribution in [2.45, 2.75) is 24.7 Å². The zero-order valence-electron chi connectivity index (χ0n) is 4.87. The molecule has 0 aliphatic carbocycles. The molecule has 0 bridgehead atoms. The van der Waals surface area contributed by atoms with E-state index in [4.69, 9.17) is 21.4 Å². The third kappa shape index (κ3) is 2.71. The van der Waals surface area contributed by atoms with Gasteiger partial charge in [-0.05, 0) is 25.0 Å². The van der Waals surface area contributed by atoms with Gasteiger partial charge in [-0.15, -0.1) is 0 Å². The van der Waals surface area contributed by atoms with Crippen LogP contribution in [0.15, 0.2) is 0 Å². The van der Waals surface area contributed by atoms with Gasteiger partial charge in [-0.1, -0.05) is 9.45 Å². The molecule has 0 rings (SSSR count). The Morgan fingerprint density at radius 3 is 1.50 bits per heavy atom. The number of aliphatic hydroxyl groups is 2. The first-order valence-electron chi connectivity index (χ1n) is 2.31. The molecule has 0 spiro atoms. The zero-order valence-corrected chi connectivity index (χ0v) is 6.50. The summed E-state index contributed by atoms with van der Waals surface area (Å²) in [5.41, 5.74) is -1.13. The number of rotatable bonds is 2. The smallest absolute Gasteiger partial charge is 0.103 e. The second-order valence-corrected chi connectivity index (χ2v) is 4.70. The summed E-state index contributed by atoms with van der Waals surface area (Å²) in [4.78, 5) is 0. The second-order valence-electron chi connectivity index (χ2n) is 1.53. The highest BCUT2D eigenvalue weighted by Gasteiger charge is 2.06. The first-order chi connectivity index (χ1) is 3.55. The molecule has 4 heteroatoms. The Morgan fingerprint density at radius 2 is 1.50 bits per heavy atom. The normalized spacial score (nSPS) is 22.0. The number of hydrogen-bond acceptors (Lipinski definition) is 3. The minimum Gasteiger partial charge on any atom is -0.382 e. The molecule has 0 aromatic heterocycles. The molecule has 2 N–H and O–H groups in total. The van der Waals surface area contributed by atoms with Gasteiger partial charge in [-0.2, -0.15) is 0 Å². The van der Waals surface area contributed by atoms with Gasteiger partial charge in [0.2, 0.25) is 0 Å². The van der Waals surface area contributed by atoms with Gasteiger partial charge < -0.3 is 10.2 Å². The maximum Gasteiger partial charge on any atom is 0.103 e. The van der Waals surface area contributed by atoms with Crippen molar-refractivity contribution in [1.82, 2.24) is 0 Å². The summed E-state index contributed by atoms with van der Waals surface area (Å²) < 4.78 is 0. The zero-order chi connectivity index (χ0) is 6.73. The SMILES string of the molecule is CC(O)S(=S)C(C)O. The van der Waals surface area contributed by atoms with Crippen molar-refractivity contribution in [2.75, 3.05) is 0 Å². The van der Waals surface area contributed by atoms with E-state index in [-0.39, 0.29) is 0 Å². The standard InChI is InChI=1S/C4H10O2S2/c1-3(5)8(7)4(2)6/h3-6H,1-2H3. The van der Waals surface area contributed by atoms with Gasteiger partial charge in [0.25, 0.3) is 0 Å². The molecule has 0 saturated heterocycles. The fourth-order valence-electron chi connectivity index (χ4n) is 0.285. The van der Waals surface area contributed by atoms with Crippen molar-refractivity contribution < 1.29 is 10.2 Å². The second kappa shape index (κ2) is 3.50. The minimum atomic E-state index is -0.679. The van der Waals surface area contributed by atoms with Gasteiger partial charge >= 0.3 is 0 Å². The van der Waals surface area contributed by atoms with Gasteiger partial charge in [0.15, 0.2) is 0 Å². The maximum absolute atomic E-state index is 8.74. The van der Waals surface area contributed by atoms with Crippen LogP contribution in [0.3, 0.4) is 0 Å². The lowest BCUT2D eigenvalue weighted by Gasteiger charge is -2.09. The highest BCUT2D eigenvalue weighted by molar-refractivity contribution is 8.29. The first kappa shape index (κ1) is 8.49. The van der Waals surface area contributed by atoms with Crippen LogP contribution in [0.4, 0.5) is 0 Å². The van der Waals surface area contributed by atoms with Crippen molar-refractivity contribution in [3.05, 3.63) is 0 Å². The summed E-state index contributed by atoms with van der Waals surface area (Å²) in [6.07, 6.45) is 0. The van der Waals surface area contributed by atoms with Gasteiger partial charge in [-0.3, -0.25) is 0 Å². The molecular formula is C4H10O2S2. The van der Waals surface area contributed by atoms with E-state index in [1.807, 2.05) is 0 Å². The van der Waals surface area contributed by atoms with E-state index >= 15 is 0 Å². The van der Waals surface area contributed by atoms with Gasteiger partial charge in [0.1, 0.15) is 10.9 Å². The molecule has 2 unspecified atom stereocenters. The lowest BCUT2D eigenvalue weighted by atomic mass is 10.9. The quantitative estimate of drug-likeness (QED) is 0.576. The molecule has 0 aromatic rings. The molecule has 0 aromatic carbocycles. The van der Waals surface area contributed by atoms with E-state index in [2.05, 4.69) is 0 Å². The summed E-state index contributed by atoms with van der Waals surface area (Å²) in [5, 5.41) is 17.5. The van der Waals surface area contributed by atoms with Crippen molar-refractivity contribution in [1.29, 1.82) is 0 Å². The summed E-state index contributed by atoms with van der Waals surface area (Å²) in [7, 11) is -0.679. The van der Waals surface area contributed by atoms with Crippen LogP contribution < -0.4 is 0 Å². The van der Waals surface area contributed by atoms with Crippen LogP contribution in [0, 0.1) is 0 Å². The van der Waals surface area contributed by atoms with Crippen LogP contribution in [0.5, 0.6) is 0 Å². The third-order valence-corrected chi connectivity index (χ3v) is 3.69. The molecule has 0 saturated carbocycles. The van der Waals surface area contributed by atoms with Crippen LogP contribution in [0.2, 0.25) is 0 Å². The Hall–Kier alpha value is 0.490. The molecular weight excluding hydrogens is 144 g/mol. The summed E-state index contributed by atoms with van der Waals surface area (Å²) in [6.45, 7) is 3.17. The van der Waals surface area contributed by atoms with Gasteiger partial charge in [-0.25, -0.2) is 0 Å². The van der Waals surface area contributed by atoms with Crippen molar-refractivity contribution in [3.63, 3.8) is 0 Å². The highest BCUT2D eigenvalue weighted by Crippen LogP contribution is 1.96. The molecule has 0 heterocycles. The summed E-state index contributed by atoms with van der Waals surface area (Å²) in [5.74, 6) is 0. The molecule has 2 nitrogen and oxygen atoms in total. The fourth-order valence-corrected chi connectivity index (χ4v) is 0.855. The van der Waals surface area contributed by atoms with Crippen LogP contribution in [0.1, 0.15) is 13.8 Å². The monoisotopic (exact) mass is 154 g/mol. The lowest BCUT2D eigenvalue weighted by Crippen LogP contribution is -2.18. The molecule has 0 amide bonds. The van der Waals surface area contributed by atoms with Gasteiger partial charge in [0, 0.05) is 0 Å². The van der Waals surface area contributed by atoms with Crippen molar-refractivity contribution >= 4 is 20.6 Å². The van der Waals surface area contributed by atoms with Crippen molar-refractivity contribution in [3.8, 4) is 0 Å². The molecule has 0 radical (unpaired) electrons. The Labute approximate surface area is 56.1 Å². The van der Waals surface area contributed by atoms with E-state index in [1.54, 1.807) is 13.8 Å². The predicted molar refractivity (Wildman–Crippen MR) is 38.1 cm³/mol. The minimum absolute atomic E-state index is 0.565. The first-order valence-corrected chi connectivity index (χ1v) is 4.59. The van der Waals surface area contributed by atoms with E-state index in [9.17, 15) is 0 Å². The number of hydrogen-bond donors (Lipinski definition) is 2. The molecule has 0 fully saturated rings. The third-order valence-electron chi connectivity index (χ3n) is 0.672. The van der Waals surface area contributed by atoms with Crippen LogP contribution in [-0.4, -0.2) is 21.1 Å². The summed E-state index contributed by atoms with van der Waals surface area (Å²) >= 11 is 4.71. The van der Waals surface area contributed by atoms with Gasteiger partial charge in [0.05, 0.1) is 0 Å².